The lowest BCUT2D eigenvalue weighted by atomic mass is 10.3. The van der Waals surface area contributed by atoms with Gasteiger partial charge in [0.1, 0.15) is 0 Å². The van der Waals surface area contributed by atoms with Crippen LogP contribution in [0.15, 0.2) is 35.3 Å². The number of benzene rings is 1. The molecule has 1 fully saturated rings. The van der Waals surface area contributed by atoms with Crippen LogP contribution < -0.4 is 11.1 Å². The molecule has 0 saturated carbocycles. The summed E-state index contributed by atoms with van der Waals surface area (Å²) in [5.74, 6) is 0.429. The minimum atomic E-state index is 0. The van der Waals surface area contributed by atoms with E-state index in [4.69, 9.17) is 10.5 Å². The second-order valence-electron chi connectivity index (χ2n) is 4.47. The van der Waals surface area contributed by atoms with Crippen molar-refractivity contribution >= 4 is 35.6 Å². The average Bonchev–Trinajstić information content (AvgIpc) is 2.38. The van der Waals surface area contributed by atoms with E-state index in [1.165, 1.54) is 0 Å². The van der Waals surface area contributed by atoms with Gasteiger partial charge >= 0.3 is 0 Å². The molecule has 1 aliphatic heterocycles. The summed E-state index contributed by atoms with van der Waals surface area (Å²) in [6.45, 7) is 3.25. The van der Waals surface area contributed by atoms with Gasteiger partial charge in [-0.15, -0.1) is 24.0 Å². The maximum absolute atomic E-state index is 5.83. The number of rotatable bonds is 3. The molecule has 0 spiro atoms. The van der Waals surface area contributed by atoms with Crippen LogP contribution in [0.5, 0.6) is 0 Å². The molecule has 1 saturated heterocycles. The van der Waals surface area contributed by atoms with E-state index in [2.05, 4.69) is 22.3 Å². The monoisotopic (exact) mass is 376 g/mol. The minimum absolute atomic E-state index is 0. The molecule has 1 aromatic rings. The number of nitrogens with two attached hydrogens (primary N) is 1. The molecule has 0 radical (unpaired) electrons. The summed E-state index contributed by atoms with van der Waals surface area (Å²) in [6.07, 6.45) is 0.139. The summed E-state index contributed by atoms with van der Waals surface area (Å²) in [6, 6.07) is 9.77. The lowest BCUT2D eigenvalue weighted by Gasteiger charge is -2.29. The highest BCUT2D eigenvalue weighted by Gasteiger charge is 2.16. The van der Waals surface area contributed by atoms with Crippen molar-refractivity contribution in [2.24, 2.45) is 10.7 Å². The second kappa shape index (κ2) is 8.34. The van der Waals surface area contributed by atoms with Crippen LogP contribution in [0.2, 0.25) is 0 Å². The summed E-state index contributed by atoms with van der Waals surface area (Å²) in [4.78, 5) is 6.55. The van der Waals surface area contributed by atoms with Gasteiger partial charge in [-0.3, -0.25) is 4.99 Å². The number of nitrogens with zero attached hydrogens (tertiary/aromatic N) is 2. The predicted molar refractivity (Wildman–Crippen MR) is 89.2 cm³/mol. The van der Waals surface area contributed by atoms with Crippen molar-refractivity contribution in [2.45, 2.75) is 6.10 Å². The van der Waals surface area contributed by atoms with E-state index in [1.54, 1.807) is 0 Å². The molecule has 1 atom stereocenters. The van der Waals surface area contributed by atoms with Gasteiger partial charge < -0.3 is 20.7 Å². The summed E-state index contributed by atoms with van der Waals surface area (Å²) < 4.78 is 5.62. The molecule has 2 rings (SSSR count). The van der Waals surface area contributed by atoms with E-state index < -0.39 is 0 Å². The van der Waals surface area contributed by atoms with Crippen LogP contribution in [0.25, 0.3) is 0 Å². The maximum Gasteiger partial charge on any atom is 0.193 e. The molecule has 106 valence electrons. The van der Waals surface area contributed by atoms with Gasteiger partial charge in [0, 0.05) is 18.8 Å². The van der Waals surface area contributed by atoms with Gasteiger partial charge in [-0.25, -0.2) is 0 Å². The van der Waals surface area contributed by atoms with E-state index in [0.29, 0.717) is 12.5 Å². The fourth-order valence-electron chi connectivity index (χ4n) is 1.89. The Bertz CT molecular complexity index is 399. The van der Waals surface area contributed by atoms with Crippen molar-refractivity contribution in [3.63, 3.8) is 0 Å². The number of ether oxygens (including phenoxy) is 1. The zero-order valence-corrected chi connectivity index (χ0v) is 13.4. The van der Waals surface area contributed by atoms with Gasteiger partial charge in [-0.2, -0.15) is 0 Å². The van der Waals surface area contributed by atoms with Crippen LogP contribution in [0.4, 0.5) is 5.69 Å². The zero-order chi connectivity index (χ0) is 12.8. The number of halogens is 1. The number of likely N-dealkylation sites (N-methyl/N-ethyl adjacent to an activating group) is 1. The van der Waals surface area contributed by atoms with E-state index in [9.17, 15) is 0 Å². The fourth-order valence-corrected chi connectivity index (χ4v) is 1.89. The molecule has 3 N–H and O–H groups in total. The Morgan fingerprint density at radius 2 is 2.21 bits per heavy atom. The number of hydrogen-bond donors (Lipinski definition) is 2. The molecule has 1 heterocycles. The first-order chi connectivity index (χ1) is 8.74. The van der Waals surface area contributed by atoms with Crippen molar-refractivity contribution in [2.75, 3.05) is 38.6 Å². The van der Waals surface area contributed by atoms with E-state index in [-0.39, 0.29) is 30.1 Å². The smallest absolute Gasteiger partial charge is 0.193 e. The van der Waals surface area contributed by atoms with Gasteiger partial charge in [-0.05, 0) is 19.2 Å². The van der Waals surface area contributed by atoms with Gasteiger partial charge in [0.15, 0.2) is 5.96 Å². The Hall–Kier alpha value is -0.860. The molecular formula is C13H21IN4O. The summed E-state index contributed by atoms with van der Waals surface area (Å²) in [5.41, 5.74) is 6.77. The van der Waals surface area contributed by atoms with E-state index >= 15 is 0 Å². The van der Waals surface area contributed by atoms with Crippen molar-refractivity contribution in [3.05, 3.63) is 30.3 Å². The van der Waals surface area contributed by atoms with Gasteiger partial charge in [0.05, 0.1) is 19.3 Å². The predicted octanol–water partition coefficient (Wildman–Crippen LogP) is 1.36. The van der Waals surface area contributed by atoms with Crippen LogP contribution in [-0.4, -0.2) is 50.3 Å². The largest absolute Gasteiger partial charge is 0.374 e. The number of hydrogen-bond acceptors (Lipinski definition) is 3. The normalized spacial score (nSPS) is 20.7. The third-order valence-electron chi connectivity index (χ3n) is 2.85. The Morgan fingerprint density at radius 3 is 2.89 bits per heavy atom. The molecule has 0 aromatic heterocycles. The Kier molecular flexibility index (Phi) is 7.11. The Labute approximate surface area is 131 Å². The minimum Gasteiger partial charge on any atom is -0.374 e. The Balaban J connectivity index is 0.00000180. The highest BCUT2D eigenvalue weighted by Crippen LogP contribution is 2.05. The number of aliphatic imine (C=N–C) groups is 1. The standard InChI is InChI=1S/C13H20N4O.HI/c1-17-7-8-18-12(10-17)9-15-13(14)16-11-5-3-2-4-6-11;/h2-6,12H,7-10H2,1H3,(H3,14,15,16);1H. The zero-order valence-electron chi connectivity index (χ0n) is 11.1. The lowest BCUT2D eigenvalue weighted by molar-refractivity contribution is -0.0136. The number of morpholine rings is 1. The van der Waals surface area contributed by atoms with E-state index in [1.807, 2.05) is 30.3 Å². The highest BCUT2D eigenvalue weighted by molar-refractivity contribution is 14.0. The number of anilines is 1. The van der Waals surface area contributed by atoms with Crippen molar-refractivity contribution in [1.29, 1.82) is 0 Å². The van der Waals surface area contributed by atoms with Crippen molar-refractivity contribution in [3.8, 4) is 0 Å². The molecule has 19 heavy (non-hydrogen) atoms. The van der Waals surface area contributed by atoms with Crippen LogP contribution in [0.1, 0.15) is 0 Å². The molecule has 0 bridgehead atoms. The maximum atomic E-state index is 5.83. The molecule has 0 aliphatic carbocycles. The fraction of sp³-hybridized carbons (Fsp3) is 0.462. The van der Waals surface area contributed by atoms with E-state index in [0.717, 1.165) is 25.4 Å². The highest BCUT2D eigenvalue weighted by atomic mass is 127. The van der Waals surface area contributed by atoms with Gasteiger partial charge in [-0.1, -0.05) is 18.2 Å². The average molecular weight is 376 g/mol. The van der Waals surface area contributed by atoms with Gasteiger partial charge in [0.2, 0.25) is 0 Å². The van der Waals surface area contributed by atoms with Crippen LogP contribution in [0, 0.1) is 0 Å². The van der Waals surface area contributed by atoms with Crippen LogP contribution in [-0.2, 0) is 4.74 Å². The SMILES string of the molecule is CN1CCOC(CN=C(N)Nc2ccccc2)C1.I. The third kappa shape index (κ3) is 5.75. The third-order valence-corrected chi connectivity index (χ3v) is 2.85. The number of guanidine groups is 1. The summed E-state index contributed by atoms with van der Waals surface area (Å²) in [5, 5.41) is 3.05. The first kappa shape index (κ1) is 16.2. The van der Waals surface area contributed by atoms with Crippen LogP contribution >= 0.6 is 24.0 Å². The first-order valence-corrected chi connectivity index (χ1v) is 6.16. The second-order valence-corrected chi connectivity index (χ2v) is 4.47. The quantitative estimate of drug-likeness (QED) is 0.475. The van der Waals surface area contributed by atoms with Crippen molar-refractivity contribution < 1.29 is 4.74 Å². The summed E-state index contributed by atoms with van der Waals surface area (Å²) in [7, 11) is 2.09. The molecule has 5 nitrogen and oxygen atoms in total. The number of nitrogens with one attached hydrogen (secondary N) is 1. The van der Waals surface area contributed by atoms with Crippen molar-refractivity contribution in [1.82, 2.24) is 4.90 Å². The first-order valence-electron chi connectivity index (χ1n) is 6.16. The molecule has 0 amide bonds. The topological polar surface area (TPSA) is 62.9 Å². The lowest BCUT2D eigenvalue weighted by Crippen LogP contribution is -2.41. The molecule has 1 aromatic carbocycles. The summed E-state index contributed by atoms with van der Waals surface area (Å²) >= 11 is 0. The molecule has 6 heteroatoms. The molecule has 1 unspecified atom stereocenters. The Morgan fingerprint density at radius 1 is 1.47 bits per heavy atom. The van der Waals surface area contributed by atoms with Gasteiger partial charge in [0.25, 0.3) is 0 Å². The molecular weight excluding hydrogens is 355 g/mol. The number of para-hydroxylation sites is 1. The van der Waals surface area contributed by atoms with Crippen LogP contribution in [0.3, 0.4) is 0 Å². The molecule has 1 aliphatic rings.